The first-order valence-electron chi connectivity index (χ1n) is 4.09. The van der Waals surface area contributed by atoms with Crippen LogP contribution in [-0.2, 0) is 4.74 Å². The van der Waals surface area contributed by atoms with Crippen molar-refractivity contribution in [1.82, 2.24) is 4.90 Å². The maximum atomic E-state index is 8.63. The van der Waals surface area contributed by atoms with E-state index < -0.39 is 0 Å². The van der Waals surface area contributed by atoms with Crippen LogP contribution in [0.25, 0.3) is 0 Å². The van der Waals surface area contributed by atoms with E-state index in [9.17, 15) is 0 Å². The second kappa shape index (κ2) is 5.41. The first kappa shape index (κ1) is 9.85. The van der Waals surface area contributed by atoms with Gasteiger partial charge in [0.15, 0.2) is 6.10 Å². The summed E-state index contributed by atoms with van der Waals surface area (Å²) in [5.74, 6) is 1.14. The molecule has 1 atom stereocenters. The number of nitriles is 1. The highest BCUT2D eigenvalue weighted by Crippen LogP contribution is 2.05. The van der Waals surface area contributed by atoms with Crippen LogP contribution in [0.5, 0.6) is 0 Å². The first-order chi connectivity index (χ1) is 5.86. The molecule has 1 unspecified atom stereocenters. The van der Waals surface area contributed by atoms with Crippen LogP contribution in [0.2, 0.25) is 0 Å². The average molecular weight is 186 g/mol. The number of rotatable bonds is 3. The minimum absolute atomic E-state index is 0.208. The molecule has 0 saturated carbocycles. The lowest BCUT2D eigenvalue weighted by Crippen LogP contribution is -2.42. The van der Waals surface area contributed by atoms with Gasteiger partial charge in [-0.05, 0) is 6.26 Å². The Labute approximate surface area is 77.7 Å². The van der Waals surface area contributed by atoms with Crippen LogP contribution in [0.3, 0.4) is 0 Å². The molecule has 12 heavy (non-hydrogen) atoms. The summed E-state index contributed by atoms with van der Waals surface area (Å²) < 4.78 is 5.23. The van der Waals surface area contributed by atoms with Gasteiger partial charge < -0.3 is 4.74 Å². The standard InChI is InChI=1S/C8H14N2OS/c1-12-5-3-10-2-4-11-8(6-9)7-10/h8H,2-5,7H2,1H3. The molecule has 1 saturated heterocycles. The maximum absolute atomic E-state index is 8.63. The lowest BCUT2D eigenvalue weighted by atomic mass is 10.3. The summed E-state index contributed by atoms with van der Waals surface area (Å²) in [6.45, 7) is 3.52. The Hall–Kier alpha value is -0.240. The van der Waals surface area contributed by atoms with Gasteiger partial charge in [-0.15, -0.1) is 0 Å². The second-order valence-corrected chi connectivity index (χ2v) is 3.77. The van der Waals surface area contributed by atoms with E-state index >= 15 is 0 Å². The molecule has 3 nitrogen and oxygen atoms in total. The quantitative estimate of drug-likeness (QED) is 0.646. The first-order valence-corrected chi connectivity index (χ1v) is 5.48. The van der Waals surface area contributed by atoms with Crippen LogP contribution in [0.15, 0.2) is 0 Å². The van der Waals surface area contributed by atoms with Gasteiger partial charge in [0.25, 0.3) is 0 Å². The average Bonchev–Trinajstić information content (AvgIpc) is 2.15. The van der Waals surface area contributed by atoms with Gasteiger partial charge >= 0.3 is 0 Å². The van der Waals surface area contributed by atoms with E-state index in [0.29, 0.717) is 6.61 Å². The zero-order valence-corrected chi connectivity index (χ0v) is 8.14. The summed E-state index contributed by atoms with van der Waals surface area (Å²) in [6, 6.07) is 2.14. The van der Waals surface area contributed by atoms with Gasteiger partial charge in [0.2, 0.25) is 0 Å². The fourth-order valence-corrected chi connectivity index (χ4v) is 1.64. The predicted molar refractivity (Wildman–Crippen MR) is 50.2 cm³/mol. The van der Waals surface area contributed by atoms with Crippen LogP contribution < -0.4 is 0 Å². The van der Waals surface area contributed by atoms with Crippen LogP contribution >= 0.6 is 11.8 Å². The lowest BCUT2D eigenvalue weighted by molar-refractivity contribution is 0.00313. The summed E-state index contributed by atoms with van der Waals surface area (Å²) in [6.07, 6.45) is 1.89. The van der Waals surface area contributed by atoms with Crippen LogP contribution in [-0.4, -0.2) is 49.3 Å². The predicted octanol–water partition coefficient (Wildman–Crippen LogP) is 0.574. The Morgan fingerprint density at radius 2 is 2.58 bits per heavy atom. The number of nitrogens with zero attached hydrogens (tertiary/aromatic N) is 2. The molecule has 0 spiro atoms. The van der Waals surface area contributed by atoms with Gasteiger partial charge in [-0.3, -0.25) is 4.90 Å². The number of ether oxygens (including phenoxy) is 1. The summed E-state index contributed by atoms with van der Waals surface area (Å²) >= 11 is 1.84. The van der Waals surface area contributed by atoms with Crippen LogP contribution in [0.4, 0.5) is 0 Å². The molecular weight excluding hydrogens is 172 g/mol. The molecule has 1 aliphatic rings. The van der Waals surface area contributed by atoms with Crippen LogP contribution in [0.1, 0.15) is 0 Å². The number of morpholine rings is 1. The molecule has 1 aliphatic heterocycles. The van der Waals surface area contributed by atoms with E-state index in [1.54, 1.807) is 0 Å². The molecular formula is C8H14N2OS. The topological polar surface area (TPSA) is 36.3 Å². The van der Waals surface area contributed by atoms with E-state index in [4.69, 9.17) is 10.00 Å². The molecule has 1 fully saturated rings. The van der Waals surface area contributed by atoms with Crippen molar-refractivity contribution in [2.45, 2.75) is 6.10 Å². The molecule has 0 aromatic rings. The molecule has 0 aliphatic carbocycles. The molecule has 0 N–H and O–H groups in total. The number of thioether (sulfide) groups is 1. The summed E-state index contributed by atoms with van der Waals surface area (Å²) in [7, 11) is 0. The molecule has 0 amide bonds. The monoisotopic (exact) mass is 186 g/mol. The molecule has 4 heteroatoms. The minimum atomic E-state index is -0.208. The fraction of sp³-hybridized carbons (Fsp3) is 0.875. The Balaban J connectivity index is 2.22. The third-order valence-corrected chi connectivity index (χ3v) is 2.50. The van der Waals surface area contributed by atoms with Crippen molar-refractivity contribution in [3.8, 4) is 6.07 Å². The molecule has 1 heterocycles. The van der Waals surface area contributed by atoms with E-state index in [1.807, 2.05) is 11.8 Å². The number of hydrogen-bond acceptors (Lipinski definition) is 4. The summed E-state index contributed by atoms with van der Waals surface area (Å²) in [5.41, 5.74) is 0. The van der Waals surface area contributed by atoms with Gasteiger partial charge in [-0.1, -0.05) is 0 Å². The molecule has 0 bridgehead atoms. The van der Waals surface area contributed by atoms with Crippen molar-refractivity contribution < 1.29 is 4.74 Å². The van der Waals surface area contributed by atoms with Crippen molar-refractivity contribution in [3.05, 3.63) is 0 Å². The molecule has 0 radical (unpaired) electrons. The maximum Gasteiger partial charge on any atom is 0.156 e. The zero-order chi connectivity index (χ0) is 8.81. The Morgan fingerprint density at radius 1 is 1.75 bits per heavy atom. The van der Waals surface area contributed by atoms with Crippen molar-refractivity contribution in [1.29, 1.82) is 5.26 Å². The van der Waals surface area contributed by atoms with Gasteiger partial charge in [-0.2, -0.15) is 17.0 Å². The normalized spacial score (nSPS) is 25.2. The van der Waals surface area contributed by atoms with Crippen molar-refractivity contribution >= 4 is 11.8 Å². The third-order valence-electron chi connectivity index (χ3n) is 1.91. The Morgan fingerprint density at radius 3 is 3.25 bits per heavy atom. The highest BCUT2D eigenvalue weighted by atomic mass is 32.2. The number of hydrogen-bond donors (Lipinski definition) is 0. The van der Waals surface area contributed by atoms with Gasteiger partial charge in [-0.25, -0.2) is 0 Å². The van der Waals surface area contributed by atoms with Crippen molar-refractivity contribution in [2.75, 3.05) is 38.2 Å². The lowest BCUT2D eigenvalue weighted by Gasteiger charge is -2.29. The van der Waals surface area contributed by atoms with Gasteiger partial charge in [0.1, 0.15) is 0 Å². The smallest absolute Gasteiger partial charge is 0.156 e. The summed E-state index contributed by atoms with van der Waals surface area (Å²) in [4.78, 5) is 2.29. The van der Waals surface area contributed by atoms with Crippen LogP contribution in [0, 0.1) is 11.3 Å². The van der Waals surface area contributed by atoms with E-state index in [-0.39, 0.29) is 6.10 Å². The van der Waals surface area contributed by atoms with E-state index in [0.717, 1.165) is 25.4 Å². The molecule has 68 valence electrons. The van der Waals surface area contributed by atoms with Crippen molar-refractivity contribution in [2.24, 2.45) is 0 Å². The highest BCUT2D eigenvalue weighted by molar-refractivity contribution is 7.98. The second-order valence-electron chi connectivity index (χ2n) is 2.78. The van der Waals surface area contributed by atoms with E-state index in [1.165, 1.54) is 0 Å². The Kier molecular flexibility index (Phi) is 4.44. The molecule has 1 rings (SSSR count). The fourth-order valence-electron chi connectivity index (χ4n) is 1.20. The largest absolute Gasteiger partial charge is 0.361 e. The summed E-state index contributed by atoms with van der Waals surface area (Å²) in [5, 5.41) is 8.63. The SMILES string of the molecule is CSCCN1CCOC(C#N)C1. The zero-order valence-electron chi connectivity index (χ0n) is 7.32. The van der Waals surface area contributed by atoms with Gasteiger partial charge in [0, 0.05) is 25.4 Å². The molecule has 0 aromatic heterocycles. The molecule has 0 aromatic carbocycles. The third kappa shape index (κ3) is 3.02. The minimum Gasteiger partial charge on any atom is -0.361 e. The van der Waals surface area contributed by atoms with Crippen molar-refractivity contribution in [3.63, 3.8) is 0 Å². The Bertz CT molecular complexity index is 169. The highest BCUT2D eigenvalue weighted by Gasteiger charge is 2.18. The van der Waals surface area contributed by atoms with E-state index in [2.05, 4.69) is 17.2 Å². The van der Waals surface area contributed by atoms with Gasteiger partial charge in [0.05, 0.1) is 12.7 Å².